The third-order valence-electron chi connectivity index (χ3n) is 2.23. The van der Waals surface area contributed by atoms with Crippen molar-refractivity contribution in [3.8, 4) is 6.07 Å². The zero-order valence-corrected chi connectivity index (χ0v) is 8.35. The molecule has 76 valence electrons. The van der Waals surface area contributed by atoms with Crippen molar-refractivity contribution in [2.45, 2.75) is 11.5 Å². The number of aromatic nitrogens is 1. The molecule has 0 saturated heterocycles. The molecule has 0 aromatic carbocycles. The van der Waals surface area contributed by atoms with E-state index in [-0.39, 0.29) is 11.1 Å². The lowest BCUT2D eigenvalue weighted by Gasteiger charge is -2.04. The summed E-state index contributed by atoms with van der Waals surface area (Å²) in [4.78, 5) is 24.9. The van der Waals surface area contributed by atoms with E-state index in [0.29, 0.717) is 22.8 Å². The lowest BCUT2D eigenvalue weighted by Crippen LogP contribution is -2.20. The van der Waals surface area contributed by atoms with Crippen LogP contribution in [0.25, 0.3) is 0 Å². The number of nitriles is 1. The molecule has 0 atom stereocenters. The highest BCUT2D eigenvalue weighted by atomic mass is 32.2. The maximum absolute atomic E-state index is 11.4. The van der Waals surface area contributed by atoms with Crippen molar-refractivity contribution >= 4 is 17.7 Å². The summed E-state index contributed by atoms with van der Waals surface area (Å²) in [6.45, 7) is 0. The number of carboxylic acid groups (broad SMARTS) is 1. The minimum atomic E-state index is -1.21. The summed E-state index contributed by atoms with van der Waals surface area (Å²) >= 11 is 1.52. The Balaban J connectivity index is 2.85. The van der Waals surface area contributed by atoms with Crippen LogP contribution in [0.5, 0.6) is 0 Å². The summed E-state index contributed by atoms with van der Waals surface area (Å²) < 4.78 is 0. The fourth-order valence-electron chi connectivity index (χ4n) is 1.57. The maximum Gasteiger partial charge on any atom is 0.337 e. The van der Waals surface area contributed by atoms with Gasteiger partial charge in [0, 0.05) is 17.2 Å². The number of H-pyrrole nitrogens is 1. The van der Waals surface area contributed by atoms with Crippen molar-refractivity contribution in [3.05, 3.63) is 32.7 Å². The number of fused-ring (bicyclic) bond motifs is 1. The van der Waals surface area contributed by atoms with Crippen molar-refractivity contribution in [2.24, 2.45) is 0 Å². The molecule has 0 bridgehead atoms. The Hall–Kier alpha value is -1.74. The molecule has 1 aromatic rings. The summed E-state index contributed by atoms with van der Waals surface area (Å²) in [5, 5.41) is 17.7. The topological polar surface area (TPSA) is 93.9 Å². The van der Waals surface area contributed by atoms with Crippen molar-refractivity contribution in [2.75, 3.05) is 0 Å². The first-order valence-corrected chi connectivity index (χ1v) is 5.29. The van der Waals surface area contributed by atoms with Crippen molar-refractivity contribution in [3.63, 3.8) is 0 Å². The van der Waals surface area contributed by atoms with E-state index in [2.05, 4.69) is 4.98 Å². The minimum Gasteiger partial charge on any atom is -0.478 e. The summed E-state index contributed by atoms with van der Waals surface area (Å²) in [5.74, 6) is -0.0877. The molecular formula is C9H6N2O3S. The van der Waals surface area contributed by atoms with Gasteiger partial charge in [0.05, 0.1) is 5.56 Å². The number of nitrogens with one attached hydrogen (secondary N) is 1. The third-order valence-corrected chi connectivity index (χ3v) is 3.21. The Morgan fingerprint density at radius 3 is 2.87 bits per heavy atom. The molecule has 0 amide bonds. The van der Waals surface area contributed by atoms with E-state index in [1.165, 1.54) is 11.8 Å². The SMILES string of the molecule is N#Cc1c(C(=O)O)c2c([nH]c1=O)CSC2. The molecule has 0 fully saturated rings. The zero-order chi connectivity index (χ0) is 11.0. The normalized spacial score (nSPS) is 13.3. The largest absolute Gasteiger partial charge is 0.478 e. The van der Waals surface area contributed by atoms with Gasteiger partial charge >= 0.3 is 5.97 Å². The Kier molecular flexibility index (Phi) is 2.25. The number of hydrogen-bond acceptors (Lipinski definition) is 4. The van der Waals surface area contributed by atoms with Gasteiger partial charge in [-0.15, -0.1) is 0 Å². The molecule has 1 aliphatic rings. The number of hydrogen-bond donors (Lipinski definition) is 2. The molecule has 2 heterocycles. The molecule has 0 spiro atoms. The van der Waals surface area contributed by atoms with Crippen LogP contribution in [0.15, 0.2) is 4.79 Å². The average molecular weight is 222 g/mol. The summed E-state index contributed by atoms with van der Waals surface area (Å²) in [6.07, 6.45) is 0. The number of aromatic carboxylic acids is 1. The summed E-state index contributed by atoms with van der Waals surface area (Å²) in [5.41, 5.74) is 0.145. The van der Waals surface area contributed by atoms with Crippen LogP contribution in [-0.4, -0.2) is 16.1 Å². The molecule has 6 heteroatoms. The fraction of sp³-hybridized carbons (Fsp3) is 0.222. The van der Waals surface area contributed by atoms with Gasteiger partial charge in [0.1, 0.15) is 11.6 Å². The van der Waals surface area contributed by atoms with E-state index in [0.717, 1.165) is 0 Å². The Morgan fingerprint density at radius 1 is 1.53 bits per heavy atom. The van der Waals surface area contributed by atoms with Gasteiger partial charge in [-0.05, 0) is 5.56 Å². The Labute approximate surface area is 88.7 Å². The van der Waals surface area contributed by atoms with Crippen LogP contribution in [-0.2, 0) is 11.5 Å². The molecule has 0 saturated carbocycles. The van der Waals surface area contributed by atoms with Crippen molar-refractivity contribution in [1.29, 1.82) is 5.26 Å². The van der Waals surface area contributed by atoms with Crippen LogP contribution >= 0.6 is 11.8 Å². The predicted molar refractivity (Wildman–Crippen MR) is 53.7 cm³/mol. The summed E-state index contributed by atoms with van der Waals surface area (Å²) in [7, 11) is 0. The second-order valence-corrected chi connectivity index (χ2v) is 4.06. The van der Waals surface area contributed by atoms with Gasteiger partial charge in [0.25, 0.3) is 5.56 Å². The van der Waals surface area contributed by atoms with E-state index in [1.807, 2.05) is 0 Å². The standard InChI is InChI=1S/C9H6N2O3S/c10-1-4-7(9(13)14)5-2-15-3-6(5)11-8(4)12/h2-3H2,(H,11,12)(H,13,14). The van der Waals surface area contributed by atoms with Crippen LogP contribution < -0.4 is 5.56 Å². The monoisotopic (exact) mass is 222 g/mol. The van der Waals surface area contributed by atoms with Crippen LogP contribution in [0, 0.1) is 11.3 Å². The smallest absolute Gasteiger partial charge is 0.337 e. The second-order valence-electron chi connectivity index (χ2n) is 3.07. The van der Waals surface area contributed by atoms with Crippen molar-refractivity contribution in [1.82, 2.24) is 4.98 Å². The molecular weight excluding hydrogens is 216 g/mol. The first kappa shape index (κ1) is 9.80. The van der Waals surface area contributed by atoms with E-state index in [9.17, 15) is 9.59 Å². The lowest BCUT2D eigenvalue weighted by molar-refractivity contribution is 0.0695. The highest BCUT2D eigenvalue weighted by molar-refractivity contribution is 7.98. The van der Waals surface area contributed by atoms with E-state index in [1.54, 1.807) is 6.07 Å². The van der Waals surface area contributed by atoms with Gasteiger partial charge < -0.3 is 10.1 Å². The molecule has 0 unspecified atom stereocenters. The van der Waals surface area contributed by atoms with Gasteiger partial charge in [-0.25, -0.2) is 4.79 Å². The number of nitrogens with zero attached hydrogens (tertiary/aromatic N) is 1. The summed E-state index contributed by atoms with van der Waals surface area (Å²) in [6, 6.07) is 1.64. The zero-order valence-electron chi connectivity index (χ0n) is 7.53. The van der Waals surface area contributed by atoms with Crippen molar-refractivity contribution < 1.29 is 9.90 Å². The van der Waals surface area contributed by atoms with E-state index >= 15 is 0 Å². The molecule has 1 aromatic heterocycles. The number of aromatic amines is 1. The van der Waals surface area contributed by atoms with Gasteiger partial charge in [0.2, 0.25) is 0 Å². The number of pyridine rings is 1. The third kappa shape index (κ3) is 1.41. The Morgan fingerprint density at radius 2 is 2.27 bits per heavy atom. The average Bonchev–Trinajstić information content (AvgIpc) is 2.62. The highest BCUT2D eigenvalue weighted by Gasteiger charge is 2.25. The molecule has 15 heavy (non-hydrogen) atoms. The first-order valence-electron chi connectivity index (χ1n) is 4.14. The number of carbonyl (C=O) groups is 1. The first-order chi connectivity index (χ1) is 7.15. The minimum absolute atomic E-state index is 0.138. The molecule has 2 N–H and O–H groups in total. The van der Waals surface area contributed by atoms with E-state index in [4.69, 9.17) is 10.4 Å². The quantitative estimate of drug-likeness (QED) is 0.729. The number of rotatable bonds is 1. The van der Waals surface area contributed by atoms with Crippen LogP contribution in [0.1, 0.15) is 27.2 Å². The van der Waals surface area contributed by atoms with E-state index < -0.39 is 11.5 Å². The van der Waals surface area contributed by atoms with Gasteiger partial charge in [-0.1, -0.05) is 0 Å². The second kappa shape index (κ2) is 3.44. The van der Waals surface area contributed by atoms with Crippen LogP contribution in [0.3, 0.4) is 0 Å². The van der Waals surface area contributed by atoms with Gasteiger partial charge in [0.15, 0.2) is 0 Å². The van der Waals surface area contributed by atoms with Crippen LogP contribution in [0.2, 0.25) is 0 Å². The highest BCUT2D eigenvalue weighted by Crippen LogP contribution is 2.30. The lowest BCUT2D eigenvalue weighted by atomic mass is 10.0. The van der Waals surface area contributed by atoms with Gasteiger partial charge in [-0.3, -0.25) is 4.79 Å². The maximum atomic E-state index is 11.4. The number of thioether (sulfide) groups is 1. The molecule has 0 aliphatic carbocycles. The molecule has 1 aliphatic heterocycles. The van der Waals surface area contributed by atoms with Crippen LogP contribution in [0.4, 0.5) is 0 Å². The predicted octanol–water partition coefficient (Wildman–Crippen LogP) is 0.692. The molecule has 0 radical (unpaired) electrons. The Bertz CT molecular complexity index is 542. The molecule has 2 rings (SSSR count). The van der Waals surface area contributed by atoms with Gasteiger partial charge in [-0.2, -0.15) is 17.0 Å². The molecule has 5 nitrogen and oxygen atoms in total. The number of carboxylic acids is 1. The fourth-order valence-corrected chi connectivity index (χ4v) is 2.65.